The Morgan fingerprint density at radius 2 is 2.05 bits per heavy atom. The van der Waals surface area contributed by atoms with Gasteiger partial charge in [0.2, 0.25) is 0 Å². The molecule has 6 nitrogen and oxygen atoms in total. The van der Waals surface area contributed by atoms with Crippen molar-refractivity contribution in [1.82, 2.24) is 10.2 Å². The van der Waals surface area contributed by atoms with E-state index in [1.165, 1.54) is 0 Å². The Balaban J connectivity index is 2.73. The fourth-order valence-corrected chi connectivity index (χ4v) is 1.56. The van der Waals surface area contributed by atoms with Crippen molar-refractivity contribution in [2.24, 2.45) is 5.18 Å². The summed E-state index contributed by atoms with van der Waals surface area (Å²) in [5.74, 6) is -0.440. The first-order valence-corrected chi connectivity index (χ1v) is 6.09. The lowest BCUT2D eigenvalue weighted by Crippen LogP contribution is -2.42. The Morgan fingerprint density at radius 1 is 1.37 bits per heavy atom. The molecule has 0 saturated heterocycles. The highest BCUT2D eigenvalue weighted by Crippen LogP contribution is 2.15. The number of amides is 1. The van der Waals surface area contributed by atoms with E-state index in [9.17, 15) is 9.70 Å². The third-order valence-electron chi connectivity index (χ3n) is 2.67. The topological polar surface area (TPSA) is 61.8 Å². The van der Waals surface area contributed by atoms with Gasteiger partial charge in [0.15, 0.2) is 5.70 Å². The van der Waals surface area contributed by atoms with E-state index in [1.807, 2.05) is 27.2 Å². The molecule has 0 aromatic rings. The summed E-state index contributed by atoms with van der Waals surface area (Å²) in [6.07, 6.45) is 7.04. The third kappa shape index (κ3) is 4.67. The van der Waals surface area contributed by atoms with Crippen LogP contribution in [0.3, 0.4) is 0 Å². The van der Waals surface area contributed by atoms with Gasteiger partial charge >= 0.3 is 0 Å². The maximum absolute atomic E-state index is 12.0. The van der Waals surface area contributed by atoms with Crippen LogP contribution in [0.15, 0.2) is 41.0 Å². The molecule has 1 aliphatic heterocycles. The number of carbonyl (C=O) groups excluding carboxylic acids is 1. The quantitative estimate of drug-likeness (QED) is 0.454. The van der Waals surface area contributed by atoms with Crippen LogP contribution >= 0.6 is 0 Å². The van der Waals surface area contributed by atoms with Crippen LogP contribution in [0.4, 0.5) is 0 Å². The number of hydrogen-bond donors (Lipinski definition) is 1. The number of allylic oxidation sites excluding steroid dienone is 3. The first-order valence-electron chi connectivity index (χ1n) is 6.09. The average molecular weight is 265 g/mol. The molecule has 1 N–H and O–H groups in total. The minimum Gasteiger partial charge on any atom is -0.349 e. The summed E-state index contributed by atoms with van der Waals surface area (Å²) in [7, 11) is 7.86. The average Bonchev–Trinajstić information content (AvgIpc) is 2.31. The van der Waals surface area contributed by atoms with Crippen molar-refractivity contribution in [3.8, 4) is 0 Å². The van der Waals surface area contributed by atoms with Gasteiger partial charge in [0.1, 0.15) is 0 Å². The summed E-state index contributed by atoms with van der Waals surface area (Å²) in [5, 5.41) is 5.58. The van der Waals surface area contributed by atoms with Gasteiger partial charge in [0, 0.05) is 13.2 Å². The number of nitroso groups, excluding NO2 is 1. The number of likely N-dealkylation sites (N-methyl/N-ethyl adjacent to an activating group) is 2. The van der Waals surface area contributed by atoms with Crippen LogP contribution in [-0.2, 0) is 4.79 Å². The number of nitrogens with one attached hydrogen (secondary N) is 1. The summed E-state index contributed by atoms with van der Waals surface area (Å²) < 4.78 is 0.739. The number of carbonyl (C=O) groups is 1. The fourth-order valence-electron chi connectivity index (χ4n) is 1.56. The smallest absolute Gasteiger partial charge is 0.275 e. The standard InChI is InChI=1S/C13H20N4O2/c1-16-9-6-5-7-11(16)12(15-19)13(18)14-8-10-17(2,3)4/h5-7,9H,8,10H2,1-4H3/p+1. The van der Waals surface area contributed by atoms with E-state index in [4.69, 9.17) is 0 Å². The predicted molar refractivity (Wildman–Crippen MR) is 74.8 cm³/mol. The van der Waals surface area contributed by atoms with Crippen LogP contribution in [-0.4, -0.2) is 56.6 Å². The molecule has 1 amide bonds. The lowest BCUT2D eigenvalue weighted by Gasteiger charge is -2.24. The molecule has 0 atom stereocenters. The molecule has 0 bridgehead atoms. The van der Waals surface area contributed by atoms with Gasteiger partial charge in [0.05, 0.1) is 39.9 Å². The Kier molecular flexibility index (Phi) is 5.00. The number of hydrogen-bond acceptors (Lipinski definition) is 4. The molecule has 1 heterocycles. The molecule has 0 unspecified atom stereocenters. The Hall–Kier alpha value is -1.95. The van der Waals surface area contributed by atoms with Crippen molar-refractivity contribution >= 4 is 5.91 Å². The lowest BCUT2D eigenvalue weighted by atomic mass is 10.2. The molecule has 0 aromatic heterocycles. The van der Waals surface area contributed by atoms with Gasteiger partial charge in [-0.3, -0.25) is 4.79 Å². The predicted octanol–water partition coefficient (Wildman–Crippen LogP) is 0.802. The zero-order valence-electron chi connectivity index (χ0n) is 11.9. The van der Waals surface area contributed by atoms with Crippen molar-refractivity contribution < 1.29 is 9.28 Å². The van der Waals surface area contributed by atoms with Crippen LogP contribution < -0.4 is 5.32 Å². The molecule has 0 aromatic carbocycles. The monoisotopic (exact) mass is 265 g/mol. The molecule has 0 aliphatic carbocycles. The number of quaternary nitrogens is 1. The van der Waals surface area contributed by atoms with Crippen molar-refractivity contribution in [1.29, 1.82) is 0 Å². The SMILES string of the molecule is CN1C=CC=CC1=C(N=O)C(=O)NCC[N+](C)(C)C. The third-order valence-corrected chi connectivity index (χ3v) is 2.67. The van der Waals surface area contributed by atoms with Crippen molar-refractivity contribution in [3.05, 3.63) is 40.7 Å². The summed E-state index contributed by atoms with van der Waals surface area (Å²) in [5.41, 5.74) is 0.407. The van der Waals surface area contributed by atoms with Crippen LogP contribution in [0.25, 0.3) is 0 Å². The second kappa shape index (κ2) is 6.29. The van der Waals surface area contributed by atoms with Gasteiger partial charge in [-0.05, 0) is 17.3 Å². The van der Waals surface area contributed by atoms with Gasteiger partial charge in [0.25, 0.3) is 5.91 Å². The minimum absolute atomic E-state index is 0.0930. The van der Waals surface area contributed by atoms with Crippen molar-refractivity contribution in [2.75, 3.05) is 41.3 Å². The van der Waals surface area contributed by atoms with E-state index in [1.54, 1.807) is 30.3 Å². The highest BCUT2D eigenvalue weighted by molar-refractivity contribution is 5.94. The zero-order chi connectivity index (χ0) is 14.5. The summed E-state index contributed by atoms with van der Waals surface area (Å²) in [4.78, 5) is 24.5. The molecular formula is C13H21N4O2+. The fraction of sp³-hybridized carbons (Fsp3) is 0.462. The molecule has 0 spiro atoms. The highest BCUT2D eigenvalue weighted by Gasteiger charge is 2.18. The minimum atomic E-state index is -0.440. The van der Waals surface area contributed by atoms with Crippen molar-refractivity contribution in [3.63, 3.8) is 0 Å². The van der Waals surface area contributed by atoms with Gasteiger partial charge < -0.3 is 14.7 Å². The van der Waals surface area contributed by atoms with Crippen molar-refractivity contribution in [2.45, 2.75) is 0 Å². The van der Waals surface area contributed by atoms with E-state index in [0.29, 0.717) is 12.2 Å². The van der Waals surface area contributed by atoms with E-state index in [2.05, 4.69) is 10.5 Å². The molecule has 0 saturated carbocycles. The molecular weight excluding hydrogens is 244 g/mol. The molecule has 0 radical (unpaired) electrons. The van der Waals surface area contributed by atoms with Gasteiger partial charge in [-0.25, -0.2) is 0 Å². The van der Waals surface area contributed by atoms with E-state index in [0.717, 1.165) is 11.0 Å². The highest BCUT2D eigenvalue weighted by atomic mass is 16.3. The van der Waals surface area contributed by atoms with E-state index < -0.39 is 5.91 Å². The number of nitrogens with zero attached hydrogens (tertiary/aromatic N) is 3. The lowest BCUT2D eigenvalue weighted by molar-refractivity contribution is -0.869. The van der Waals surface area contributed by atoms with Crippen LogP contribution in [0.1, 0.15) is 0 Å². The second-order valence-corrected chi connectivity index (χ2v) is 5.41. The number of rotatable bonds is 5. The van der Waals surface area contributed by atoms with Crippen LogP contribution in [0, 0.1) is 4.91 Å². The maximum Gasteiger partial charge on any atom is 0.275 e. The molecule has 6 heteroatoms. The van der Waals surface area contributed by atoms with Crippen LogP contribution in [0.2, 0.25) is 0 Å². The van der Waals surface area contributed by atoms with E-state index >= 15 is 0 Å². The summed E-state index contributed by atoms with van der Waals surface area (Å²) >= 11 is 0. The maximum atomic E-state index is 12.0. The first-order chi connectivity index (χ1) is 8.85. The molecule has 1 aliphatic rings. The van der Waals surface area contributed by atoms with Crippen LogP contribution in [0.5, 0.6) is 0 Å². The second-order valence-electron chi connectivity index (χ2n) is 5.41. The largest absolute Gasteiger partial charge is 0.349 e. The Morgan fingerprint density at radius 3 is 2.58 bits per heavy atom. The summed E-state index contributed by atoms with van der Waals surface area (Å²) in [6.45, 7) is 1.27. The molecule has 19 heavy (non-hydrogen) atoms. The van der Waals surface area contributed by atoms with Gasteiger partial charge in [-0.15, -0.1) is 4.91 Å². The summed E-state index contributed by atoms with van der Waals surface area (Å²) in [6, 6.07) is 0. The Bertz CT molecular complexity index is 444. The Labute approximate surface area is 113 Å². The molecule has 104 valence electrons. The molecule has 0 fully saturated rings. The molecule has 1 rings (SSSR count). The van der Waals surface area contributed by atoms with Gasteiger partial charge in [-0.1, -0.05) is 6.08 Å². The first kappa shape index (κ1) is 15.1. The zero-order valence-corrected chi connectivity index (χ0v) is 11.9. The van der Waals surface area contributed by atoms with Gasteiger partial charge in [-0.2, -0.15) is 0 Å². The normalized spacial score (nSPS) is 17.4. The van der Waals surface area contributed by atoms with E-state index in [-0.39, 0.29) is 5.70 Å².